The van der Waals surface area contributed by atoms with Crippen LogP contribution < -0.4 is 10.4 Å². The maximum absolute atomic E-state index is 13.0. The predicted octanol–water partition coefficient (Wildman–Crippen LogP) is 5.04. The minimum absolute atomic E-state index is 0.0197. The zero-order valence-electron chi connectivity index (χ0n) is 17.8. The Balaban J connectivity index is 1.59. The molecule has 2 fully saturated rings. The molecular formula is C22H24F3N3O4S. The van der Waals surface area contributed by atoms with E-state index in [2.05, 4.69) is 15.1 Å². The molecule has 1 aliphatic heterocycles. The Kier molecular flexibility index (Phi) is 7.18. The van der Waals surface area contributed by atoms with E-state index in [1.165, 1.54) is 23.5 Å². The minimum Gasteiger partial charge on any atom is -0.447 e. The summed E-state index contributed by atoms with van der Waals surface area (Å²) in [5.74, 6) is -2.06. The quantitative estimate of drug-likeness (QED) is 0.600. The molecule has 0 bridgehead atoms. The maximum atomic E-state index is 13.0. The Morgan fingerprint density at radius 2 is 1.88 bits per heavy atom. The number of benzene rings is 1. The van der Waals surface area contributed by atoms with Crippen molar-refractivity contribution < 1.29 is 32.3 Å². The third-order valence-electron chi connectivity index (χ3n) is 5.87. The van der Waals surface area contributed by atoms with Crippen LogP contribution in [0.25, 0.3) is 10.6 Å². The van der Waals surface area contributed by atoms with Gasteiger partial charge in [0.05, 0.1) is 18.0 Å². The van der Waals surface area contributed by atoms with Crippen molar-refractivity contribution in [3.05, 3.63) is 35.3 Å². The lowest BCUT2D eigenvalue weighted by atomic mass is 9.83. The second-order valence-corrected chi connectivity index (χ2v) is 9.02. The summed E-state index contributed by atoms with van der Waals surface area (Å²) in [7, 11) is 0. The largest absolute Gasteiger partial charge is 0.493 e. The molecule has 7 nitrogen and oxygen atoms in total. The number of halogens is 3. The van der Waals surface area contributed by atoms with E-state index in [1.807, 2.05) is 5.38 Å². The van der Waals surface area contributed by atoms with Crippen molar-refractivity contribution in [3.8, 4) is 10.6 Å². The molecule has 4 rings (SSSR count). The number of hydroxylamine groups is 1. The lowest BCUT2D eigenvalue weighted by molar-refractivity contribution is -0.200. The van der Waals surface area contributed by atoms with Crippen LogP contribution in [0.15, 0.2) is 29.6 Å². The summed E-state index contributed by atoms with van der Waals surface area (Å²) in [6.45, 7) is 1.56. The smallest absolute Gasteiger partial charge is 0.447 e. The van der Waals surface area contributed by atoms with Crippen molar-refractivity contribution in [2.45, 2.75) is 44.2 Å². The molecule has 1 aliphatic carbocycles. The molecular weight excluding hydrogens is 459 g/mol. The number of hydrogen-bond acceptors (Lipinski definition) is 7. The Morgan fingerprint density at radius 3 is 2.55 bits per heavy atom. The van der Waals surface area contributed by atoms with E-state index < -0.39 is 18.2 Å². The molecule has 1 aromatic heterocycles. The molecule has 11 heteroatoms. The third kappa shape index (κ3) is 5.64. The van der Waals surface area contributed by atoms with E-state index in [1.54, 1.807) is 12.1 Å². The summed E-state index contributed by atoms with van der Waals surface area (Å²) in [4.78, 5) is 33.6. The number of hydrogen-bond donors (Lipinski definition) is 1. The average Bonchev–Trinajstić information content (AvgIpc) is 3.23. The van der Waals surface area contributed by atoms with Gasteiger partial charge in [0, 0.05) is 16.9 Å². The van der Waals surface area contributed by atoms with Crippen LogP contribution in [-0.4, -0.2) is 42.9 Å². The molecule has 0 radical (unpaired) electrons. The number of thiazole rings is 1. The fourth-order valence-corrected chi connectivity index (χ4v) is 4.68. The number of piperidine rings is 1. The van der Waals surface area contributed by atoms with Crippen LogP contribution in [0.5, 0.6) is 0 Å². The van der Waals surface area contributed by atoms with Crippen molar-refractivity contribution in [3.63, 3.8) is 0 Å². The van der Waals surface area contributed by atoms with Gasteiger partial charge in [-0.15, -0.1) is 16.4 Å². The van der Waals surface area contributed by atoms with Crippen molar-refractivity contribution >= 4 is 29.1 Å². The number of alkyl halides is 3. The molecule has 0 spiro atoms. The van der Waals surface area contributed by atoms with Crippen molar-refractivity contribution in [1.82, 2.24) is 10.3 Å². The Labute approximate surface area is 192 Å². The lowest BCUT2D eigenvalue weighted by Crippen LogP contribution is -2.40. The van der Waals surface area contributed by atoms with Crippen LogP contribution in [0, 0.1) is 5.92 Å². The first-order valence-corrected chi connectivity index (χ1v) is 11.7. The monoisotopic (exact) mass is 483 g/mol. The maximum Gasteiger partial charge on any atom is 0.493 e. The molecule has 0 atom stereocenters. The third-order valence-corrected chi connectivity index (χ3v) is 6.77. The van der Waals surface area contributed by atoms with Crippen LogP contribution in [0.3, 0.4) is 0 Å². The summed E-state index contributed by atoms with van der Waals surface area (Å²) in [6.07, 6.45) is -1.69. The molecule has 1 saturated carbocycles. The second kappa shape index (κ2) is 10.1. The SMILES string of the molecule is O=C(OCC1CCNCC1)N(OC(=O)C(F)(F)F)c1ccccc1-c1nc(C2CCC2)cs1. The van der Waals surface area contributed by atoms with Crippen LogP contribution in [0.4, 0.5) is 23.7 Å². The first-order valence-electron chi connectivity index (χ1n) is 10.8. The minimum atomic E-state index is -5.28. The van der Waals surface area contributed by atoms with Crippen molar-refractivity contribution in [1.29, 1.82) is 0 Å². The number of carbonyl (C=O) groups excluding carboxylic acids is 2. The van der Waals surface area contributed by atoms with Gasteiger partial charge >= 0.3 is 18.2 Å². The molecule has 33 heavy (non-hydrogen) atoms. The molecule has 1 amide bonds. The highest BCUT2D eigenvalue weighted by molar-refractivity contribution is 7.13. The fourth-order valence-electron chi connectivity index (χ4n) is 3.75. The second-order valence-electron chi connectivity index (χ2n) is 8.16. The van der Waals surface area contributed by atoms with Gasteiger partial charge < -0.3 is 14.9 Å². The summed E-state index contributed by atoms with van der Waals surface area (Å²) in [6, 6.07) is 6.23. The standard InChI is InChI=1S/C22H24F3N3O4S/c23-22(24,25)20(29)32-28(21(30)31-12-14-8-10-26-11-9-14)18-7-2-1-6-16(18)19-27-17(13-33-19)15-4-3-5-15/h1-2,6-7,13-15,26H,3-5,8-12H2. The van der Waals surface area contributed by atoms with Gasteiger partial charge in [-0.25, -0.2) is 14.6 Å². The van der Waals surface area contributed by atoms with Crippen LogP contribution in [-0.2, 0) is 14.4 Å². The molecule has 1 saturated heterocycles. The van der Waals surface area contributed by atoms with E-state index in [4.69, 9.17) is 4.74 Å². The van der Waals surface area contributed by atoms with Gasteiger partial charge in [0.25, 0.3) is 0 Å². The molecule has 2 heterocycles. The van der Waals surface area contributed by atoms with E-state index >= 15 is 0 Å². The van der Waals surface area contributed by atoms with Crippen molar-refractivity contribution in [2.24, 2.45) is 5.92 Å². The molecule has 2 aromatic rings. The summed E-state index contributed by atoms with van der Waals surface area (Å²) in [5, 5.41) is 5.91. The van der Waals surface area contributed by atoms with Gasteiger partial charge in [-0.2, -0.15) is 13.2 Å². The first-order chi connectivity index (χ1) is 15.8. The van der Waals surface area contributed by atoms with Crippen LogP contribution in [0.1, 0.15) is 43.7 Å². The first kappa shape index (κ1) is 23.5. The average molecular weight is 484 g/mol. The van der Waals surface area contributed by atoms with Gasteiger partial charge in [-0.05, 0) is 56.8 Å². The van der Waals surface area contributed by atoms with E-state index in [0.717, 1.165) is 50.9 Å². The van der Waals surface area contributed by atoms with Crippen molar-refractivity contribution in [2.75, 3.05) is 24.8 Å². The number of nitrogens with one attached hydrogen (secondary N) is 1. The summed E-state index contributed by atoms with van der Waals surface area (Å²) < 4.78 is 44.1. The highest BCUT2D eigenvalue weighted by Crippen LogP contribution is 2.40. The number of carbonyl (C=O) groups is 2. The highest BCUT2D eigenvalue weighted by atomic mass is 32.1. The van der Waals surface area contributed by atoms with E-state index in [-0.39, 0.29) is 23.3 Å². The Hall–Kier alpha value is -2.66. The molecule has 1 N–H and O–H groups in total. The van der Waals surface area contributed by atoms with Gasteiger partial charge in [-0.1, -0.05) is 18.6 Å². The molecule has 178 valence electrons. The highest BCUT2D eigenvalue weighted by Gasteiger charge is 2.44. The molecule has 2 aliphatic rings. The number of rotatable bonds is 5. The zero-order valence-corrected chi connectivity index (χ0v) is 18.6. The normalized spacial score (nSPS) is 17.3. The lowest BCUT2D eigenvalue weighted by Gasteiger charge is -2.26. The van der Waals surface area contributed by atoms with E-state index in [0.29, 0.717) is 16.5 Å². The number of para-hydroxylation sites is 1. The number of anilines is 1. The number of amides is 1. The van der Waals surface area contributed by atoms with Crippen LogP contribution >= 0.6 is 11.3 Å². The molecule has 1 aromatic carbocycles. The number of aromatic nitrogens is 1. The number of ether oxygens (including phenoxy) is 1. The Morgan fingerprint density at radius 1 is 1.15 bits per heavy atom. The van der Waals surface area contributed by atoms with Gasteiger partial charge in [0.15, 0.2) is 0 Å². The summed E-state index contributed by atoms with van der Waals surface area (Å²) >= 11 is 1.32. The summed E-state index contributed by atoms with van der Waals surface area (Å²) in [5.41, 5.74) is 1.25. The van der Waals surface area contributed by atoms with Gasteiger partial charge in [0.2, 0.25) is 0 Å². The number of nitrogens with zero attached hydrogens (tertiary/aromatic N) is 2. The zero-order chi connectivity index (χ0) is 23.4. The fraction of sp³-hybridized carbons (Fsp3) is 0.500. The van der Waals surface area contributed by atoms with Crippen LogP contribution in [0.2, 0.25) is 0 Å². The Bertz CT molecular complexity index is 987. The van der Waals surface area contributed by atoms with Gasteiger partial charge in [-0.3, -0.25) is 0 Å². The van der Waals surface area contributed by atoms with E-state index in [9.17, 15) is 22.8 Å². The predicted molar refractivity (Wildman–Crippen MR) is 116 cm³/mol. The van der Waals surface area contributed by atoms with Gasteiger partial charge in [0.1, 0.15) is 5.01 Å². The topological polar surface area (TPSA) is 80.8 Å². The molecule has 0 unspecified atom stereocenters.